The molecule has 0 amide bonds. The molecule has 3 heteroatoms. The van der Waals surface area contributed by atoms with Crippen molar-refractivity contribution in [1.82, 2.24) is 10.2 Å². The van der Waals surface area contributed by atoms with Gasteiger partial charge in [-0.3, -0.25) is 0 Å². The van der Waals surface area contributed by atoms with Crippen molar-refractivity contribution in [2.24, 2.45) is 5.92 Å². The Morgan fingerprint density at radius 1 is 1.29 bits per heavy atom. The lowest BCUT2D eigenvalue weighted by atomic mass is 9.90. The van der Waals surface area contributed by atoms with Gasteiger partial charge in [0.05, 0.1) is 6.61 Å². The summed E-state index contributed by atoms with van der Waals surface area (Å²) in [5, 5.41) is 7.66. The molecular formula is C11H16N2O. The van der Waals surface area contributed by atoms with Gasteiger partial charge >= 0.3 is 0 Å². The molecule has 1 heterocycles. The zero-order chi connectivity index (χ0) is 9.64. The van der Waals surface area contributed by atoms with Crippen LogP contribution in [0.3, 0.4) is 0 Å². The summed E-state index contributed by atoms with van der Waals surface area (Å²) >= 11 is 0. The molecule has 1 aliphatic rings. The summed E-state index contributed by atoms with van der Waals surface area (Å²) in [6, 6.07) is 3.71. The first-order valence-electron chi connectivity index (χ1n) is 5.35. The van der Waals surface area contributed by atoms with Gasteiger partial charge < -0.3 is 4.74 Å². The van der Waals surface area contributed by atoms with Crippen LogP contribution in [0.4, 0.5) is 0 Å². The lowest BCUT2D eigenvalue weighted by molar-refractivity contribution is 0.201. The predicted molar refractivity (Wildman–Crippen MR) is 54.1 cm³/mol. The van der Waals surface area contributed by atoms with E-state index < -0.39 is 0 Å². The zero-order valence-electron chi connectivity index (χ0n) is 8.35. The molecule has 0 aromatic carbocycles. The molecule has 0 aliphatic heterocycles. The van der Waals surface area contributed by atoms with Crippen molar-refractivity contribution in [3.05, 3.63) is 18.3 Å². The van der Waals surface area contributed by atoms with Gasteiger partial charge in [0, 0.05) is 12.3 Å². The average molecular weight is 192 g/mol. The first-order valence-corrected chi connectivity index (χ1v) is 5.35. The molecule has 0 unspecified atom stereocenters. The van der Waals surface area contributed by atoms with Crippen LogP contribution >= 0.6 is 0 Å². The van der Waals surface area contributed by atoms with Crippen LogP contribution in [0.15, 0.2) is 18.3 Å². The number of aromatic nitrogens is 2. The van der Waals surface area contributed by atoms with Crippen molar-refractivity contribution in [3.8, 4) is 5.88 Å². The Balaban J connectivity index is 1.76. The van der Waals surface area contributed by atoms with E-state index in [1.165, 1.54) is 32.1 Å². The van der Waals surface area contributed by atoms with Gasteiger partial charge in [-0.25, -0.2) is 0 Å². The van der Waals surface area contributed by atoms with Crippen LogP contribution in [0.1, 0.15) is 32.1 Å². The van der Waals surface area contributed by atoms with Crippen molar-refractivity contribution in [1.29, 1.82) is 0 Å². The third kappa shape index (κ3) is 2.69. The Kier molecular flexibility index (Phi) is 3.33. The second-order valence-electron chi connectivity index (χ2n) is 3.88. The van der Waals surface area contributed by atoms with E-state index in [0.29, 0.717) is 5.88 Å². The molecule has 1 aliphatic carbocycles. The highest BCUT2D eigenvalue weighted by molar-refractivity contribution is 5.05. The molecule has 0 saturated heterocycles. The maximum absolute atomic E-state index is 5.57. The van der Waals surface area contributed by atoms with E-state index in [2.05, 4.69) is 10.2 Å². The first-order chi connectivity index (χ1) is 6.95. The molecule has 14 heavy (non-hydrogen) atoms. The highest BCUT2D eigenvalue weighted by Gasteiger charge is 2.13. The van der Waals surface area contributed by atoms with Crippen LogP contribution in [0.5, 0.6) is 5.88 Å². The van der Waals surface area contributed by atoms with E-state index in [1.54, 1.807) is 6.20 Å². The minimum Gasteiger partial charge on any atom is -0.476 e. The molecule has 0 atom stereocenters. The average Bonchev–Trinajstić information content (AvgIpc) is 2.29. The lowest BCUT2D eigenvalue weighted by Crippen LogP contribution is -2.15. The molecule has 1 fully saturated rings. The summed E-state index contributed by atoms with van der Waals surface area (Å²) in [5.74, 6) is 1.38. The van der Waals surface area contributed by atoms with Crippen molar-refractivity contribution in [2.45, 2.75) is 32.1 Å². The quantitative estimate of drug-likeness (QED) is 0.737. The van der Waals surface area contributed by atoms with E-state index >= 15 is 0 Å². The maximum atomic E-state index is 5.57. The van der Waals surface area contributed by atoms with Crippen LogP contribution < -0.4 is 4.74 Å². The van der Waals surface area contributed by atoms with Crippen LogP contribution in [-0.4, -0.2) is 16.8 Å². The van der Waals surface area contributed by atoms with Crippen LogP contribution in [0, 0.1) is 5.92 Å². The van der Waals surface area contributed by atoms with Gasteiger partial charge in [0.15, 0.2) is 0 Å². The molecule has 76 valence electrons. The lowest BCUT2D eigenvalue weighted by Gasteiger charge is -2.20. The number of rotatable bonds is 3. The summed E-state index contributed by atoms with van der Waals surface area (Å²) in [7, 11) is 0. The third-order valence-electron chi connectivity index (χ3n) is 2.74. The van der Waals surface area contributed by atoms with Gasteiger partial charge in [-0.2, -0.15) is 5.10 Å². The molecule has 3 nitrogen and oxygen atoms in total. The van der Waals surface area contributed by atoms with Gasteiger partial charge in [0.25, 0.3) is 0 Å². The molecule has 0 N–H and O–H groups in total. The number of hydrogen-bond acceptors (Lipinski definition) is 3. The van der Waals surface area contributed by atoms with Gasteiger partial charge in [-0.05, 0) is 24.8 Å². The summed E-state index contributed by atoms with van der Waals surface area (Å²) in [5.41, 5.74) is 0. The predicted octanol–water partition coefficient (Wildman–Crippen LogP) is 2.44. The van der Waals surface area contributed by atoms with E-state index in [-0.39, 0.29) is 0 Å². The Morgan fingerprint density at radius 3 is 2.86 bits per heavy atom. The molecule has 2 rings (SSSR count). The standard InChI is InChI=1S/C11H16N2O/c1-2-5-10(6-3-1)9-14-11-7-4-8-12-13-11/h4,7-8,10H,1-3,5-6,9H2. The monoisotopic (exact) mass is 192 g/mol. The fourth-order valence-corrected chi connectivity index (χ4v) is 1.92. The minimum absolute atomic E-state index is 0.651. The normalized spacial score (nSPS) is 18.0. The largest absolute Gasteiger partial charge is 0.476 e. The van der Waals surface area contributed by atoms with E-state index in [1.807, 2.05) is 12.1 Å². The van der Waals surface area contributed by atoms with Crippen molar-refractivity contribution in [3.63, 3.8) is 0 Å². The molecule has 0 radical (unpaired) electrons. The summed E-state index contributed by atoms with van der Waals surface area (Å²) in [4.78, 5) is 0. The fraction of sp³-hybridized carbons (Fsp3) is 0.636. The summed E-state index contributed by atoms with van der Waals surface area (Å²) in [6.45, 7) is 0.804. The molecule has 0 bridgehead atoms. The van der Waals surface area contributed by atoms with Gasteiger partial charge in [0.2, 0.25) is 5.88 Å². The van der Waals surface area contributed by atoms with Gasteiger partial charge in [0.1, 0.15) is 0 Å². The zero-order valence-corrected chi connectivity index (χ0v) is 8.35. The van der Waals surface area contributed by atoms with Crippen molar-refractivity contribution < 1.29 is 4.74 Å². The first kappa shape index (κ1) is 9.44. The Hall–Kier alpha value is -1.12. The third-order valence-corrected chi connectivity index (χ3v) is 2.74. The number of nitrogens with zero attached hydrogens (tertiary/aromatic N) is 2. The molecule has 1 aromatic heterocycles. The second kappa shape index (κ2) is 4.94. The van der Waals surface area contributed by atoms with Crippen LogP contribution in [0.25, 0.3) is 0 Å². The fourth-order valence-electron chi connectivity index (χ4n) is 1.92. The van der Waals surface area contributed by atoms with Crippen LogP contribution in [0.2, 0.25) is 0 Å². The summed E-state index contributed by atoms with van der Waals surface area (Å²) < 4.78 is 5.57. The van der Waals surface area contributed by atoms with E-state index in [9.17, 15) is 0 Å². The Bertz CT molecular complexity index is 257. The van der Waals surface area contributed by atoms with Gasteiger partial charge in [-0.15, -0.1) is 5.10 Å². The van der Waals surface area contributed by atoms with E-state index in [0.717, 1.165) is 12.5 Å². The van der Waals surface area contributed by atoms with Crippen molar-refractivity contribution >= 4 is 0 Å². The van der Waals surface area contributed by atoms with Gasteiger partial charge in [-0.1, -0.05) is 19.3 Å². The topological polar surface area (TPSA) is 35.0 Å². The Morgan fingerprint density at radius 2 is 2.14 bits per heavy atom. The van der Waals surface area contributed by atoms with E-state index in [4.69, 9.17) is 4.74 Å². The second-order valence-corrected chi connectivity index (χ2v) is 3.88. The molecular weight excluding hydrogens is 176 g/mol. The van der Waals surface area contributed by atoms with Crippen LogP contribution in [-0.2, 0) is 0 Å². The number of ether oxygens (including phenoxy) is 1. The van der Waals surface area contributed by atoms with Crippen molar-refractivity contribution in [2.75, 3.05) is 6.61 Å². The highest BCUT2D eigenvalue weighted by atomic mass is 16.5. The molecule has 1 aromatic rings. The Labute approximate surface area is 84.5 Å². The smallest absolute Gasteiger partial charge is 0.233 e. The minimum atomic E-state index is 0.651. The number of hydrogen-bond donors (Lipinski definition) is 0. The SMILES string of the molecule is c1cnnc(OCC2CCCCC2)c1. The highest BCUT2D eigenvalue weighted by Crippen LogP contribution is 2.23. The molecule has 1 saturated carbocycles. The maximum Gasteiger partial charge on any atom is 0.233 e. The molecule has 0 spiro atoms. The summed E-state index contributed by atoms with van der Waals surface area (Å²) in [6.07, 6.45) is 8.37.